The quantitative estimate of drug-likeness (QED) is 0.899. The zero-order valence-corrected chi connectivity index (χ0v) is 13.1. The van der Waals surface area contributed by atoms with Crippen LogP contribution >= 0.6 is 11.3 Å². The Labute approximate surface area is 115 Å². The van der Waals surface area contributed by atoms with Crippen molar-refractivity contribution in [2.24, 2.45) is 5.92 Å². The molecule has 1 fully saturated rings. The Kier molecular flexibility index (Phi) is 4.46. The van der Waals surface area contributed by atoms with Gasteiger partial charge in [0.15, 0.2) is 0 Å². The van der Waals surface area contributed by atoms with Gasteiger partial charge in [0.25, 0.3) is 0 Å². The lowest BCUT2D eigenvalue weighted by Crippen LogP contribution is -2.34. The topological polar surface area (TPSA) is 15.3 Å². The van der Waals surface area contributed by atoms with Gasteiger partial charge in [0.2, 0.25) is 0 Å². The van der Waals surface area contributed by atoms with Gasteiger partial charge in [-0.2, -0.15) is 0 Å². The first-order chi connectivity index (χ1) is 8.54. The number of thiophene rings is 1. The van der Waals surface area contributed by atoms with Gasteiger partial charge >= 0.3 is 0 Å². The van der Waals surface area contributed by atoms with Crippen molar-refractivity contribution in [3.8, 4) is 0 Å². The Morgan fingerprint density at radius 3 is 2.67 bits per heavy atom. The Balaban J connectivity index is 2.31. The van der Waals surface area contributed by atoms with Crippen molar-refractivity contribution in [1.82, 2.24) is 10.2 Å². The fourth-order valence-corrected chi connectivity index (χ4v) is 4.28. The third-order valence-electron chi connectivity index (χ3n) is 4.09. The van der Waals surface area contributed by atoms with E-state index < -0.39 is 0 Å². The van der Waals surface area contributed by atoms with Crippen LogP contribution in [0.3, 0.4) is 0 Å². The summed E-state index contributed by atoms with van der Waals surface area (Å²) in [6.45, 7) is 11.5. The van der Waals surface area contributed by atoms with Crippen LogP contribution in [0.2, 0.25) is 0 Å². The maximum Gasteiger partial charge on any atom is 0.0402 e. The van der Waals surface area contributed by atoms with E-state index in [4.69, 9.17) is 0 Å². The molecule has 18 heavy (non-hydrogen) atoms. The molecule has 0 saturated carbocycles. The fraction of sp³-hybridized carbons (Fsp3) is 0.733. The van der Waals surface area contributed by atoms with Crippen molar-refractivity contribution in [1.29, 1.82) is 0 Å². The maximum atomic E-state index is 3.37. The van der Waals surface area contributed by atoms with Gasteiger partial charge in [-0.3, -0.25) is 4.90 Å². The molecule has 0 amide bonds. The molecule has 102 valence electrons. The molecule has 1 aromatic heterocycles. The molecule has 1 aliphatic rings. The fourth-order valence-electron chi connectivity index (χ4n) is 3.31. The predicted molar refractivity (Wildman–Crippen MR) is 80.4 cm³/mol. The molecule has 1 N–H and O–H groups in total. The average molecular weight is 266 g/mol. The van der Waals surface area contributed by atoms with Gasteiger partial charge in [0.05, 0.1) is 0 Å². The molecule has 0 aliphatic carbocycles. The third kappa shape index (κ3) is 2.63. The molecule has 2 unspecified atom stereocenters. The number of likely N-dealkylation sites (tertiary alicyclic amines) is 1. The van der Waals surface area contributed by atoms with Gasteiger partial charge in [0.1, 0.15) is 0 Å². The van der Waals surface area contributed by atoms with Crippen molar-refractivity contribution in [2.75, 3.05) is 20.1 Å². The molecule has 1 saturated heterocycles. The summed E-state index contributed by atoms with van der Waals surface area (Å²) in [5.41, 5.74) is 1.57. The second kappa shape index (κ2) is 5.72. The van der Waals surface area contributed by atoms with Gasteiger partial charge in [-0.15, -0.1) is 11.3 Å². The molecule has 2 atom stereocenters. The summed E-state index contributed by atoms with van der Waals surface area (Å²) in [5.74, 6) is 0.755. The van der Waals surface area contributed by atoms with Crippen LogP contribution in [-0.4, -0.2) is 31.1 Å². The smallest absolute Gasteiger partial charge is 0.0402 e. The van der Waals surface area contributed by atoms with Gasteiger partial charge in [-0.1, -0.05) is 0 Å². The largest absolute Gasteiger partial charge is 0.319 e. The molecule has 2 nitrogen and oxygen atoms in total. The van der Waals surface area contributed by atoms with Gasteiger partial charge in [0, 0.05) is 21.8 Å². The highest BCUT2D eigenvalue weighted by atomic mass is 32.1. The first kappa shape index (κ1) is 14.0. The first-order valence-electron chi connectivity index (χ1n) is 7.01. The lowest BCUT2D eigenvalue weighted by atomic mass is 9.93. The Hall–Kier alpha value is -0.380. The minimum absolute atomic E-state index is 0.613. The Bertz CT molecular complexity index is 397. The Morgan fingerprint density at radius 1 is 1.44 bits per heavy atom. The van der Waals surface area contributed by atoms with E-state index in [1.54, 1.807) is 5.56 Å². The lowest BCUT2D eigenvalue weighted by molar-refractivity contribution is 0.182. The zero-order valence-electron chi connectivity index (χ0n) is 12.3. The summed E-state index contributed by atoms with van der Waals surface area (Å²) in [4.78, 5) is 5.63. The molecular weight excluding hydrogens is 240 g/mol. The van der Waals surface area contributed by atoms with Crippen LogP contribution in [0.4, 0.5) is 0 Å². The second-order valence-corrected chi connectivity index (χ2v) is 7.21. The van der Waals surface area contributed by atoms with E-state index in [1.807, 2.05) is 11.3 Å². The van der Waals surface area contributed by atoms with Crippen LogP contribution < -0.4 is 5.32 Å². The molecular formula is C15H26N2S. The van der Waals surface area contributed by atoms with Crippen molar-refractivity contribution in [3.05, 3.63) is 21.4 Å². The highest BCUT2D eigenvalue weighted by Gasteiger charge is 2.37. The number of nitrogens with zero attached hydrogens (tertiary/aromatic N) is 1. The van der Waals surface area contributed by atoms with Gasteiger partial charge in [-0.25, -0.2) is 0 Å². The standard InChI is InChI=1S/C15H26N2S/c1-10(2)17-7-6-13(9-16-5)15(17)14-8-11(3)18-12(14)4/h8,10,13,15-16H,6-7,9H2,1-5H3. The van der Waals surface area contributed by atoms with E-state index in [0.717, 1.165) is 12.5 Å². The molecule has 2 rings (SSSR count). The molecule has 3 heteroatoms. The molecule has 1 aliphatic heterocycles. The summed E-state index contributed by atoms with van der Waals surface area (Å²) in [7, 11) is 2.07. The summed E-state index contributed by atoms with van der Waals surface area (Å²) < 4.78 is 0. The molecule has 2 heterocycles. The highest BCUT2D eigenvalue weighted by Crippen LogP contribution is 2.41. The molecule has 0 aromatic carbocycles. The number of hydrogen-bond acceptors (Lipinski definition) is 3. The SMILES string of the molecule is CNCC1CCN(C(C)C)C1c1cc(C)sc1C. The Morgan fingerprint density at radius 2 is 2.17 bits per heavy atom. The summed E-state index contributed by atoms with van der Waals surface area (Å²) in [6, 6.07) is 3.66. The van der Waals surface area contributed by atoms with E-state index in [1.165, 1.54) is 22.7 Å². The van der Waals surface area contributed by atoms with E-state index in [0.29, 0.717) is 12.1 Å². The molecule has 0 bridgehead atoms. The zero-order chi connectivity index (χ0) is 13.3. The second-order valence-electron chi connectivity index (χ2n) is 5.75. The summed E-state index contributed by atoms with van der Waals surface area (Å²) >= 11 is 1.94. The van der Waals surface area contributed by atoms with Gasteiger partial charge in [-0.05, 0) is 71.8 Å². The molecule has 0 spiro atoms. The third-order valence-corrected chi connectivity index (χ3v) is 5.07. The molecule has 1 aromatic rings. The number of hydrogen-bond donors (Lipinski definition) is 1. The van der Waals surface area contributed by atoms with E-state index >= 15 is 0 Å². The van der Waals surface area contributed by atoms with Crippen LogP contribution in [-0.2, 0) is 0 Å². The lowest BCUT2D eigenvalue weighted by Gasteiger charge is -2.31. The van der Waals surface area contributed by atoms with Crippen LogP contribution in [0.1, 0.15) is 41.6 Å². The van der Waals surface area contributed by atoms with Crippen molar-refractivity contribution >= 4 is 11.3 Å². The van der Waals surface area contributed by atoms with Crippen LogP contribution in [0.15, 0.2) is 6.07 Å². The first-order valence-corrected chi connectivity index (χ1v) is 7.83. The monoisotopic (exact) mass is 266 g/mol. The summed E-state index contributed by atoms with van der Waals surface area (Å²) in [6.07, 6.45) is 1.32. The van der Waals surface area contributed by atoms with Crippen LogP contribution in [0.25, 0.3) is 0 Å². The van der Waals surface area contributed by atoms with E-state index in [9.17, 15) is 0 Å². The van der Waals surface area contributed by atoms with Crippen molar-refractivity contribution < 1.29 is 0 Å². The van der Waals surface area contributed by atoms with Gasteiger partial charge < -0.3 is 5.32 Å². The molecule has 0 radical (unpaired) electrons. The normalized spacial score (nSPS) is 25.2. The number of rotatable bonds is 4. The minimum Gasteiger partial charge on any atom is -0.319 e. The average Bonchev–Trinajstić information content (AvgIpc) is 2.82. The van der Waals surface area contributed by atoms with E-state index in [-0.39, 0.29) is 0 Å². The maximum absolute atomic E-state index is 3.37. The van der Waals surface area contributed by atoms with Crippen molar-refractivity contribution in [3.63, 3.8) is 0 Å². The van der Waals surface area contributed by atoms with Crippen LogP contribution in [0.5, 0.6) is 0 Å². The highest BCUT2D eigenvalue weighted by molar-refractivity contribution is 7.12. The van der Waals surface area contributed by atoms with Crippen LogP contribution in [0, 0.1) is 19.8 Å². The number of nitrogens with one attached hydrogen (secondary N) is 1. The minimum atomic E-state index is 0.613. The summed E-state index contributed by atoms with van der Waals surface area (Å²) in [5, 5.41) is 3.37. The predicted octanol–water partition coefficient (Wildman–Crippen LogP) is 3.36. The van der Waals surface area contributed by atoms with Crippen molar-refractivity contribution in [2.45, 2.75) is 46.2 Å². The number of aryl methyl sites for hydroxylation is 2. The van der Waals surface area contributed by atoms with E-state index in [2.05, 4.69) is 51.0 Å².